The molecule has 11 nitrogen and oxygen atoms in total. The Hall–Kier alpha value is -3.37. The van der Waals surface area contributed by atoms with E-state index in [0.29, 0.717) is 0 Å². The van der Waals surface area contributed by atoms with Crippen LogP contribution in [0.25, 0.3) is 5.69 Å². The molecule has 0 unspecified atom stereocenters. The van der Waals surface area contributed by atoms with Crippen molar-refractivity contribution in [3.8, 4) is 5.69 Å². The van der Waals surface area contributed by atoms with Crippen molar-refractivity contribution in [2.75, 3.05) is 0 Å². The van der Waals surface area contributed by atoms with E-state index in [1.807, 2.05) is 0 Å². The minimum absolute atomic E-state index is 0.124. The van der Waals surface area contributed by atoms with E-state index in [1.54, 1.807) is 0 Å². The van der Waals surface area contributed by atoms with Crippen LogP contribution in [0.5, 0.6) is 0 Å². The minimum Gasteiger partial charge on any atom is -0.478 e. The number of carbonyl (C=O) groups is 1. The van der Waals surface area contributed by atoms with Crippen LogP contribution in [0, 0.1) is 20.2 Å². The molecule has 0 bridgehead atoms. The fourth-order valence-electron chi connectivity index (χ4n) is 1.45. The molecule has 20 heavy (non-hydrogen) atoms. The van der Waals surface area contributed by atoms with E-state index in [-0.39, 0.29) is 11.3 Å². The zero-order valence-electron chi connectivity index (χ0n) is 9.53. The molecular weight excluding hydrogens is 274 g/mol. The van der Waals surface area contributed by atoms with Crippen LogP contribution in [0.2, 0.25) is 0 Å². The normalized spacial score (nSPS) is 10.2. The zero-order chi connectivity index (χ0) is 14.9. The second-order valence-electron chi connectivity index (χ2n) is 3.51. The quantitative estimate of drug-likeness (QED) is 0.635. The average Bonchev–Trinajstić information content (AvgIpc) is 2.87. The van der Waals surface area contributed by atoms with Crippen LogP contribution in [0.4, 0.5) is 11.6 Å². The highest BCUT2D eigenvalue weighted by atomic mass is 16.6. The first-order valence-corrected chi connectivity index (χ1v) is 4.98. The van der Waals surface area contributed by atoms with Gasteiger partial charge in [-0.25, -0.2) is 4.79 Å². The average molecular weight is 279 g/mol. The standard InChI is InChI=1S/C9H5N5O6/c15-8(16)5-1-2-6(7(3-5)13(17)18)12-4-10-9(11-12)14(19)20/h1-4H,(H,15,16). The number of aromatic carboxylic acids is 1. The number of carboxylic acid groups (broad SMARTS) is 1. The van der Waals surface area contributed by atoms with Crippen molar-refractivity contribution in [1.29, 1.82) is 0 Å². The van der Waals surface area contributed by atoms with Gasteiger partial charge in [0.15, 0.2) is 5.69 Å². The van der Waals surface area contributed by atoms with E-state index >= 15 is 0 Å². The third-order valence-corrected chi connectivity index (χ3v) is 2.31. The van der Waals surface area contributed by atoms with Crippen molar-refractivity contribution in [3.63, 3.8) is 0 Å². The first kappa shape index (κ1) is 13.1. The minimum atomic E-state index is -1.33. The Kier molecular flexibility index (Phi) is 3.08. The Morgan fingerprint density at radius 2 is 1.95 bits per heavy atom. The van der Waals surface area contributed by atoms with E-state index in [0.717, 1.165) is 29.2 Å². The maximum atomic E-state index is 10.9. The number of hydrogen-bond acceptors (Lipinski definition) is 7. The van der Waals surface area contributed by atoms with Gasteiger partial charge in [-0.1, -0.05) is 4.98 Å². The molecule has 0 fully saturated rings. The maximum absolute atomic E-state index is 10.9. The smallest absolute Gasteiger partial charge is 0.478 e. The van der Waals surface area contributed by atoms with Crippen molar-refractivity contribution >= 4 is 17.6 Å². The fraction of sp³-hybridized carbons (Fsp3) is 0. The SMILES string of the molecule is O=C(O)c1ccc(-n2cnc([N+](=O)[O-])n2)c([N+](=O)[O-])c1. The number of nitrogens with zero attached hydrogens (tertiary/aromatic N) is 5. The molecule has 1 aromatic carbocycles. The van der Waals surface area contributed by atoms with Crippen LogP contribution in [-0.4, -0.2) is 35.7 Å². The molecule has 0 aliphatic carbocycles. The molecule has 1 aromatic heterocycles. The Morgan fingerprint density at radius 3 is 2.45 bits per heavy atom. The lowest BCUT2D eigenvalue weighted by molar-refractivity contribution is -0.394. The van der Waals surface area contributed by atoms with Gasteiger partial charge in [0.05, 0.1) is 10.5 Å². The maximum Gasteiger partial charge on any atom is 0.491 e. The fourth-order valence-corrected chi connectivity index (χ4v) is 1.45. The summed E-state index contributed by atoms with van der Waals surface area (Å²) in [5.74, 6) is -2.05. The molecule has 11 heteroatoms. The number of carboxylic acids is 1. The van der Waals surface area contributed by atoms with Crippen molar-refractivity contribution in [1.82, 2.24) is 14.8 Å². The molecule has 0 aliphatic heterocycles. The molecule has 2 aromatic rings. The number of aromatic nitrogens is 3. The molecule has 1 heterocycles. The molecular formula is C9H5N5O6. The highest BCUT2D eigenvalue weighted by Crippen LogP contribution is 2.24. The lowest BCUT2D eigenvalue weighted by Crippen LogP contribution is -2.04. The van der Waals surface area contributed by atoms with Crippen LogP contribution in [-0.2, 0) is 0 Å². The van der Waals surface area contributed by atoms with Gasteiger partial charge in [-0.3, -0.25) is 10.1 Å². The van der Waals surface area contributed by atoms with Crippen LogP contribution in [0.15, 0.2) is 24.5 Å². The van der Waals surface area contributed by atoms with Crippen LogP contribution in [0.3, 0.4) is 0 Å². The van der Waals surface area contributed by atoms with Crippen molar-refractivity contribution in [3.05, 3.63) is 50.3 Å². The van der Waals surface area contributed by atoms with Gasteiger partial charge in [-0.2, -0.15) is 0 Å². The first-order valence-electron chi connectivity index (χ1n) is 4.98. The van der Waals surface area contributed by atoms with Crippen molar-refractivity contribution in [2.45, 2.75) is 0 Å². The monoisotopic (exact) mass is 279 g/mol. The summed E-state index contributed by atoms with van der Waals surface area (Å²) in [5, 5.41) is 33.6. The van der Waals surface area contributed by atoms with E-state index in [9.17, 15) is 25.0 Å². The van der Waals surface area contributed by atoms with Crippen LogP contribution < -0.4 is 0 Å². The summed E-state index contributed by atoms with van der Waals surface area (Å²) in [6.45, 7) is 0. The van der Waals surface area contributed by atoms with Crippen molar-refractivity contribution < 1.29 is 19.7 Å². The van der Waals surface area contributed by atoms with Gasteiger partial charge in [0, 0.05) is 11.2 Å². The predicted octanol–water partition coefficient (Wildman–Crippen LogP) is 0.782. The van der Waals surface area contributed by atoms with Gasteiger partial charge < -0.3 is 15.2 Å². The third-order valence-electron chi connectivity index (χ3n) is 2.31. The molecule has 2 rings (SSSR count). The van der Waals surface area contributed by atoms with Gasteiger partial charge in [0.2, 0.25) is 6.33 Å². The van der Waals surface area contributed by atoms with E-state index in [2.05, 4.69) is 10.1 Å². The Labute approximate surface area is 109 Å². The summed E-state index contributed by atoms with van der Waals surface area (Å²) < 4.78 is 0.835. The van der Waals surface area contributed by atoms with Crippen LogP contribution in [0.1, 0.15) is 10.4 Å². The lowest BCUT2D eigenvalue weighted by atomic mass is 10.2. The molecule has 0 saturated carbocycles. The van der Waals surface area contributed by atoms with Gasteiger partial charge in [-0.05, 0) is 17.1 Å². The van der Waals surface area contributed by atoms with Gasteiger partial charge >= 0.3 is 11.9 Å². The second kappa shape index (κ2) is 4.72. The third kappa shape index (κ3) is 2.27. The van der Waals surface area contributed by atoms with Crippen molar-refractivity contribution in [2.24, 2.45) is 0 Å². The molecule has 0 saturated heterocycles. The van der Waals surface area contributed by atoms with E-state index < -0.39 is 27.5 Å². The van der Waals surface area contributed by atoms with E-state index in [1.165, 1.54) is 0 Å². The lowest BCUT2D eigenvalue weighted by Gasteiger charge is -2.00. The molecule has 1 N–H and O–H groups in total. The number of nitro benzene ring substituents is 1. The van der Waals surface area contributed by atoms with Crippen LogP contribution >= 0.6 is 0 Å². The Bertz CT molecular complexity index is 723. The number of benzene rings is 1. The number of rotatable bonds is 4. The highest BCUT2D eigenvalue weighted by Gasteiger charge is 2.23. The summed E-state index contributed by atoms with van der Waals surface area (Å²) in [6, 6.07) is 3.09. The highest BCUT2D eigenvalue weighted by molar-refractivity contribution is 5.89. The largest absolute Gasteiger partial charge is 0.491 e. The van der Waals surface area contributed by atoms with Gasteiger partial charge in [0.25, 0.3) is 5.69 Å². The number of nitro groups is 2. The topological polar surface area (TPSA) is 154 Å². The Morgan fingerprint density at radius 1 is 1.25 bits per heavy atom. The van der Waals surface area contributed by atoms with Gasteiger partial charge in [-0.15, -0.1) is 4.68 Å². The molecule has 0 radical (unpaired) electrons. The summed E-state index contributed by atoms with van der Waals surface area (Å²) in [4.78, 5) is 33.9. The summed E-state index contributed by atoms with van der Waals surface area (Å²) in [7, 11) is 0. The summed E-state index contributed by atoms with van der Waals surface area (Å²) in [5.41, 5.74) is -0.958. The molecule has 0 aliphatic rings. The second-order valence-corrected chi connectivity index (χ2v) is 3.51. The van der Waals surface area contributed by atoms with Gasteiger partial charge in [0.1, 0.15) is 0 Å². The first-order chi connectivity index (χ1) is 9.40. The summed E-state index contributed by atoms with van der Waals surface area (Å²) in [6.07, 6.45) is 0.931. The summed E-state index contributed by atoms with van der Waals surface area (Å²) >= 11 is 0. The predicted molar refractivity (Wildman–Crippen MR) is 61.6 cm³/mol. The zero-order valence-corrected chi connectivity index (χ0v) is 9.53. The molecule has 0 amide bonds. The number of hydrogen-bond donors (Lipinski definition) is 1. The van der Waals surface area contributed by atoms with E-state index in [4.69, 9.17) is 5.11 Å². The molecule has 0 spiro atoms. The molecule has 102 valence electrons. The Balaban J connectivity index is 2.57. The molecule has 0 atom stereocenters.